The first-order valence-electron chi connectivity index (χ1n) is 6.89. The molecule has 0 saturated heterocycles. The number of Topliss-reactive ketones (excluding diaryl/α,β-unsaturated/α-hetero) is 2. The molecule has 0 aliphatic heterocycles. The van der Waals surface area contributed by atoms with Gasteiger partial charge in [0.15, 0.2) is 0 Å². The standard InChI is InChI=1S/C16H26O2/c1-6-9-16(14(18)15(3,4)5)10-7-13(8-11-16)12(2)17/h6,13H,1,7-11H2,2-5H3/t13-,16-. The van der Waals surface area contributed by atoms with E-state index in [9.17, 15) is 9.59 Å². The molecule has 1 saturated carbocycles. The SMILES string of the molecule is C=CC[C@]1(C(=O)C(C)(C)C)CC[C@H](C(C)=O)CC1. The second-order valence-electron chi connectivity index (χ2n) is 6.74. The summed E-state index contributed by atoms with van der Waals surface area (Å²) in [6.07, 6.45) is 5.97. The summed E-state index contributed by atoms with van der Waals surface area (Å²) in [6, 6.07) is 0. The van der Waals surface area contributed by atoms with Crippen LogP contribution in [0.4, 0.5) is 0 Å². The zero-order chi connectivity index (χ0) is 14.0. The van der Waals surface area contributed by atoms with Crippen LogP contribution >= 0.6 is 0 Å². The summed E-state index contributed by atoms with van der Waals surface area (Å²) in [6.45, 7) is 11.4. The molecule has 18 heavy (non-hydrogen) atoms. The minimum absolute atomic E-state index is 0.163. The van der Waals surface area contributed by atoms with E-state index < -0.39 is 0 Å². The van der Waals surface area contributed by atoms with E-state index in [1.54, 1.807) is 6.92 Å². The number of allylic oxidation sites excluding steroid dienone is 1. The van der Waals surface area contributed by atoms with E-state index in [1.165, 1.54) is 0 Å². The monoisotopic (exact) mass is 250 g/mol. The molecule has 0 aromatic heterocycles. The van der Waals surface area contributed by atoms with Crippen LogP contribution in [0, 0.1) is 16.7 Å². The summed E-state index contributed by atoms with van der Waals surface area (Å²) >= 11 is 0. The summed E-state index contributed by atoms with van der Waals surface area (Å²) in [4.78, 5) is 24.1. The number of hydrogen-bond donors (Lipinski definition) is 0. The Morgan fingerprint density at radius 3 is 2.11 bits per heavy atom. The van der Waals surface area contributed by atoms with E-state index >= 15 is 0 Å². The minimum atomic E-state index is -0.313. The van der Waals surface area contributed by atoms with Crippen LogP contribution in [0.1, 0.15) is 59.8 Å². The molecule has 0 aromatic carbocycles. The van der Waals surface area contributed by atoms with Gasteiger partial charge in [0.1, 0.15) is 11.6 Å². The van der Waals surface area contributed by atoms with Crippen LogP contribution in [0.25, 0.3) is 0 Å². The third-order valence-corrected chi connectivity index (χ3v) is 4.22. The molecule has 2 heteroatoms. The van der Waals surface area contributed by atoms with Gasteiger partial charge >= 0.3 is 0 Å². The van der Waals surface area contributed by atoms with E-state index in [2.05, 4.69) is 6.58 Å². The smallest absolute Gasteiger partial charge is 0.144 e. The van der Waals surface area contributed by atoms with Crippen molar-refractivity contribution in [1.29, 1.82) is 0 Å². The molecule has 0 spiro atoms. The first kappa shape index (κ1) is 15.1. The molecule has 1 rings (SSSR count). The molecule has 2 nitrogen and oxygen atoms in total. The van der Waals surface area contributed by atoms with Gasteiger partial charge in [-0.25, -0.2) is 0 Å². The highest BCUT2D eigenvalue weighted by molar-refractivity contribution is 5.90. The molecule has 0 bridgehead atoms. The van der Waals surface area contributed by atoms with Crippen molar-refractivity contribution in [2.24, 2.45) is 16.7 Å². The van der Waals surface area contributed by atoms with E-state index in [4.69, 9.17) is 0 Å². The Morgan fingerprint density at radius 1 is 1.28 bits per heavy atom. The Labute approximate surface area is 111 Å². The molecular formula is C16H26O2. The van der Waals surface area contributed by atoms with Crippen molar-refractivity contribution in [2.75, 3.05) is 0 Å². The van der Waals surface area contributed by atoms with Crippen molar-refractivity contribution in [3.63, 3.8) is 0 Å². The average molecular weight is 250 g/mol. The fraction of sp³-hybridized carbons (Fsp3) is 0.750. The number of rotatable bonds is 4. The molecule has 1 aliphatic carbocycles. The summed E-state index contributed by atoms with van der Waals surface area (Å²) in [5, 5.41) is 0. The summed E-state index contributed by atoms with van der Waals surface area (Å²) < 4.78 is 0. The molecule has 0 aromatic rings. The predicted octanol–water partition coefficient (Wildman–Crippen LogP) is 3.94. The van der Waals surface area contributed by atoms with Crippen molar-refractivity contribution in [3.05, 3.63) is 12.7 Å². The zero-order valence-electron chi connectivity index (χ0n) is 12.2. The first-order chi connectivity index (χ1) is 8.23. The highest BCUT2D eigenvalue weighted by Gasteiger charge is 2.45. The first-order valence-corrected chi connectivity index (χ1v) is 6.89. The van der Waals surface area contributed by atoms with Gasteiger partial charge in [-0.2, -0.15) is 0 Å². The lowest BCUT2D eigenvalue weighted by atomic mass is 9.61. The molecule has 0 radical (unpaired) electrons. The highest BCUT2D eigenvalue weighted by Crippen LogP contribution is 2.46. The van der Waals surface area contributed by atoms with Gasteiger partial charge in [-0.3, -0.25) is 9.59 Å². The van der Waals surface area contributed by atoms with E-state index in [0.717, 1.165) is 32.1 Å². The van der Waals surface area contributed by atoms with Crippen molar-refractivity contribution in [1.82, 2.24) is 0 Å². The van der Waals surface area contributed by atoms with Crippen LogP contribution in [0.15, 0.2) is 12.7 Å². The largest absolute Gasteiger partial charge is 0.300 e. The summed E-state index contributed by atoms with van der Waals surface area (Å²) in [7, 11) is 0. The second kappa shape index (κ2) is 5.38. The molecule has 1 aliphatic rings. The molecule has 0 N–H and O–H groups in total. The summed E-state index contributed by atoms with van der Waals surface area (Å²) in [5.41, 5.74) is -0.585. The molecule has 0 amide bonds. The molecule has 0 unspecified atom stereocenters. The Bertz CT molecular complexity index is 339. The van der Waals surface area contributed by atoms with Crippen LogP contribution in [0.3, 0.4) is 0 Å². The molecular weight excluding hydrogens is 224 g/mol. The lowest BCUT2D eigenvalue weighted by molar-refractivity contribution is -0.140. The van der Waals surface area contributed by atoms with E-state index in [1.807, 2.05) is 26.8 Å². The fourth-order valence-electron chi connectivity index (χ4n) is 3.17. The van der Waals surface area contributed by atoms with E-state index in [-0.39, 0.29) is 22.5 Å². The zero-order valence-corrected chi connectivity index (χ0v) is 12.2. The van der Waals surface area contributed by atoms with Gasteiger partial charge in [0.2, 0.25) is 0 Å². The van der Waals surface area contributed by atoms with E-state index in [0.29, 0.717) is 5.78 Å². The third-order valence-electron chi connectivity index (χ3n) is 4.22. The molecule has 0 heterocycles. The maximum Gasteiger partial charge on any atom is 0.144 e. The normalized spacial score (nSPS) is 28.8. The van der Waals surface area contributed by atoms with Crippen LogP contribution in [-0.2, 0) is 9.59 Å². The Hall–Kier alpha value is -0.920. The predicted molar refractivity (Wildman–Crippen MR) is 74.3 cm³/mol. The van der Waals surface area contributed by atoms with Crippen LogP contribution in [0.5, 0.6) is 0 Å². The van der Waals surface area contributed by atoms with Gasteiger partial charge in [0, 0.05) is 16.7 Å². The van der Waals surface area contributed by atoms with Crippen molar-refractivity contribution >= 4 is 11.6 Å². The second-order valence-corrected chi connectivity index (χ2v) is 6.74. The lowest BCUT2D eigenvalue weighted by Crippen LogP contribution is -2.42. The van der Waals surface area contributed by atoms with Gasteiger partial charge in [-0.05, 0) is 39.0 Å². The Kier molecular flexibility index (Phi) is 4.52. The van der Waals surface area contributed by atoms with Gasteiger partial charge in [0.05, 0.1) is 0 Å². The molecule has 0 atom stereocenters. The van der Waals surface area contributed by atoms with Crippen LogP contribution in [0.2, 0.25) is 0 Å². The number of carbonyl (C=O) groups is 2. The lowest BCUT2D eigenvalue weighted by Gasteiger charge is -2.41. The quantitative estimate of drug-likeness (QED) is 0.708. The van der Waals surface area contributed by atoms with Crippen LogP contribution < -0.4 is 0 Å². The van der Waals surface area contributed by atoms with Gasteiger partial charge in [-0.15, -0.1) is 6.58 Å². The maximum atomic E-state index is 12.7. The number of hydrogen-bond acceptors (Lipinski definition) is 2. The van der Waals surface area contributed by atoms with Gasteiger partial charge in [0.25, 0.3) is 0 Å². The number of ketones is 2. The summed E-state index contributed by atoms with van der Waals surface area (Å²) in [5.74, 6) is 0.762. The van der Waals surface area contributed by atoms with Crippen molar-refractivity contribution < 1.29 is 9.59 Å². The molecule has 102 valence electrons. The fourth-order valence-corrected chi connectivity index (χ4v) is 3.17. The Morgan fingerprint density at radius 2 is 1.78 bits per heavy atom. The minimum Gasteiger partial charge on any atom is -0.300 e. The van der Waals surface area contributed by atoms with Gasteiger partial charge < -0.3 is 0 Å². The maximum absolute atomic E-state index is 12.7. The molecule has 1 fully saturated rings. The third kappa shape index (κ3) is 3.09. The van der Waals surface area contributed by atoms with Gasteiger partial charge in [-0.1, -0.05) is 26.8 Å². The number of carbonyl (C=O) groups excluding carboxylic acids is 2. The topological polar surface area (TPSA) is 34.1 Å². The van der Waals surface area contributed by atoms with Crippen LogP contribution in [-0.4, -0.2) is 11.6 Å². The Balaban J connectivity index is 2.89. The van der Waals surface area contributed by atoms with Crippen molar-refractivity contribution in [3.8, 4) is 0 Å². The highest BCUT2D eigenvalue weighted by atomic mass is 16.1. The average Bonchev–Trinajstić information content (AvgIpc) is 2.27. The van der Waals surface area contributed by atoms with Crippen molar-refractivity contribution in [2.45, 2.75) is 59.8 Å².